The van der Waals surface area contributed by atoms with E-state index in [-0.39, 0.29) is 9.52 Å². The van der Waals surface area contributed by atoms with E-state index in [0.29, 0.717) is 0 Å². The molecular weight excluding hydrogens is 184 g/mol. The van der Waals surface area contributed by atoms with Gasteiger partial charge in [0.2, 0.25) is 0 Å². The van der Waals surface area contributed by atoms with Crippen molar-refractivity contribution in [3.8, 4) is 0 Å². The number of hydrogen-bond acceptors (Lipinski definition) is 0. The van der Waals surface area contributed by atoms with E-state index in [2.05, 4.69) is 13.5 Å². The van der Waals surface area contributed by atoms with Gasteiger partial charge in [-0.1, -0.05) is 32.7 Å². The average molecular weight is 205 g/mol. The Kier molecular flexibility index (Phi) is 4.11. The van der Waals surface area contributed by atoms with Gasteiger partial charge < -0.3 is 0 Å². The van der Waals surface area contributed by atoms with Gasteiger partial charge in [-0.25, -0.2) is 0 Å². The van der Waals surface area contributed by atoms with Crippen LogP contribution in [0.3, 0.4) is 0 Å². The van der Waals surface area contributed by atoms with Crippen molar-refractivity contribution < 1.29 is 0 Å². The van der Waals surface area contributed by atoms with E-state index in [0.717, 1.165) is 16.8 Å². The van der Waals surface area contributed by atoms with Crippen molar-refractivity contribution in [2.75, 3.05) is 5.88 Å². The summed E-state index contributed by atoms with van der Waals surface area (Å²) in [5, 5.41) is 0.822. The summed E-state index contributed by atoms with van der Waals surface area (Å²) in [6, 6.07) is 0. The molecule has 0 aromatic heterocycles. The molecule has 1 aliphatic carbocycles. The lowest BCUT2D eigenvalue weighted by Gasteiger charge is -2.38. The molecule has 0 aromatic rings. The first-order chi connectivity index (χ1) is 5.76. The van der Waals surface area contributed by atoms with Crippen molar-refractivity contribution in [2.24, 2.45) is 5.92 Å². The molecule has 0 atom stereocenters. The highest BCUT2D eigenvalue weighted by Gasteiger charge is 2.31. The highest BCUT2D eigenvalue weighted by Crippen LogP contribution is 2.46. The van der Waals surface area contributed by atoms with Gasteiger partial charge in [-0.2, -0.15) is 0 Å². The lowest BCUT2D eigenvalue weighted by atomic mass is 9.81. The first-order valence-corrected chi connectivity index (χ1v) is 7.98. The molecule has 0 nitrogen and oxygen atoms in total. The summed E-state index contributed by atoms with van der Waals surface area (Å²) in [6.45, 7) is 4.85. The number of halogens is 1. The van der Waals surface area contributed by atoms with Gasteiger partial charge in [0.15, 0.2) is 0 Å². The van der Waals surface area contributed by atoms with E-state index in [1.165, 1.54) is 32.1 Å². The Hall–Kier alpha value is 0.507. The third-order valence-corrected chi connectivity index (χ3v) is 7.03. The van der Waals surface area contributed by atoms with Gasteiger partial charge >= 0.3 is 0 Å². The van der Waals surface area contributed by atoms with Gasteiger partial charge in [-0.15, -0.1) is 11.6 Å². The van der Waals surface area contributed by atoms with Crippen LogP contribution in [0.15, 0.2) is 0 Å². The van der Waals surface area contributed by atoms with E-state index >= 15 is 0 Å². The molecule has 0 heterocycles. The minimum Gasteiger partial charge on any atom is -0.126 e. The Balaban J connectivity index is 2.42. The van der Waals surface area contributed by atoms with Crippen molar-refractivity contribution in [2.45, 2.75) is 50.6 Å². The lowest BCUT2D eigenvalue weighted by Crippen LogP contribution is -2.25. The molecule has 0 aromatic carbocycles. The van der Waals surface area contributed by atoms with Crippen molar-refractivity contribution in [3.05, 3.63) is 0 Å². The van der Waals surface area contributed by atoms with E-state index in [4.69, 9.17) is 11.6 Å². The van der Waals surface area contributed by atoms with Gasteiger partial charge in [0.05, 0.1) is 0 Å². The summed E-state index contributed by atoms with van der Waals surface area (Å²) in [6.07, 6.45) is 7.17. The Bertz CT molecular complexity index is 122. The predicted molar refractivity (Wildman–Crippen MR) is 60.1 cm³/mol. The summed E-state index contributed by atoms with van der Waals surface area (Å²) in [7, 11) is 0.188. The van der Waals surface area contributed by atoms with Gasteiger partial charge in [0, 0.05) is 15.4 Å². The number of hydrogen-bond donors (Lipinski definition) is 0. The molecule has 1 rings (SSSR count). The number of alkyl halides is 1. The molecule has 72 valence electrons. The molecule has 1 saturated carbocycles. The monoisotopic (exact) mass is 204 g/mol. The summed E-state index contributed by atoms with van der Waals surface area (Å²) >= 11 is 5.87. The molecule has 0 saturated heterocycles. The third kappa shape index (κ3) is 2.26. The van der Waals surface area contributed by atoms with Crippen LogP contribution in [0.2, 0.25) is 11.6 Å². The van der Waals surface area contributed by atoms with Gasteiger partial charge in [0.1, 0.15) is 0 Å². The van der Waals surface area contributed by atoms with Crippen LogP contribution in [-0.2, 0) is 0 Å². The Labute approximate surface area is 83.9 Å². The summed E-state index contributed by atoms with van der Waals surface area (Å²) in [4.78, 5) is 0. The van der Waals surface area contributed by atoms with Crippen LogP contribution in [0, 0.1) is 5.92 Å². The maximum Gasteiger partial charge on any atom is 0.0251 e. The van der Waals surface area contributed by atoms with E-state index in [9.17, 15) is 0 Å². The van der Waals surface area contributed by atoms with Crippen LogP contribution in [0.5, 0.6) is 0 Å². The van der Waals surface area contributed by atoms with E-state index in [1.807, 2.05) is 0 Å². The average Bonchev–Trinajstić information content (AvgIpc) is 2.18. The smallest absolute Gasteiger partial charge is 0.0251 e. The molecule has 1 aliphatic rings. The first-order valence-electron chi connectivity index (χ1n) is 5.32. The van der Waals surface area contributed by atoms with Gasteiger partial charge in [-0.3, -0.25) is 0 Å². The molecule has 1 fully saturated rings. The van der Waals surface area contributed by atoms with Crippen molar-refractivity contribution in [3.63, 3.8) is 0 Å². The highest BCUT2D eigenvalue weighted by molar-refractivity contribution is 6.38. The van der Waals surface area contributed by atoms with Crippen LogP contribution in [0.4, 0.5) is 0 Å². The molecule has 2 heteroatoms. The topological polar surface area (TPSA) is 0 Å². The molecule has 0 bridgehead atoms. The van der Waals surface area contributed by atoms with Crippen LogP contribution >= 0.6 is 11.6 Å². The SMILES string of the molecule is CCC1([SiH2]C)CCC(CCl)CC1. The molecule has 0 radical (unpaired) electrons. The zero-order chi connectivity index (χ0) is 9.03. The van der Waals surface area contributed by atoms with Gasteiger partial charge in [0.25, 0.3) is 0 Å². The fourth-order valence-corrected chi connectivity index (χ4v) is 4.33. The van der Waals surface area contributed by atoms with Crippen LogP contribution in [-0.4, -0.2) is 15.4 Å². The molecule has 0 aliphatic heterocycles. The predicted octanol–water partition coefficient (Wildman–Crippen LogP) is 3.20. The third-order valence-electron chi connectivity index (χ3n) is 3.88. The van der Waals surface area contributed by atoms with E-state index in [1.54, 1.807) is 0 Å². The standard InChI is InChI=1S/C10H21ClSi/c1-3-10(12-2)6-4-9(8-11)5-7-10/h9H,3-8,12H2,1-2H3. The second-order valence-electron chi connectivity index (χ2n) is 4.30. The van der Waals surface area contributed by atoms with Crippen LogP contribution in [0.1, 0.15) is 39.0 Å². The zero-order valence-corrected chi connectivity index (χ0v) is 10.6. The van der Waals surface area contributed by atoms with Crippen molar-refractivity contribution in [1.29, 1.82) is 0 Å². The Morgan fingerprint density at radius 1 is 1.42 bits per heavy atom. The quantitative estimate of drug-likeness (QED) is 0.490. The van der Waals surface area contributed by atoms with Crippen molar-refractivity contribution in [1.82, 2.24) is 0 Å². The Morgan fingerprint density at radius 2 is 2.00 bits per heavy atom. The summed E-state index contributed by atoms with van der Waals surface area (Å²) < 4.78 is 0. The van der Waals surface area contributed by atoms with Crippen molar-refractivity contribution >= 4 is 21.1 Å². The summed E-state index contributed by atoms with van der Waals surface area (Å²) in [5.41, 5.74) is 0. The number of rotatable bonds is 3. The highest BCUT2D eigenvalue weighted by atomic mass is 35.5. The summed E-state index contributed by atoms with van der Waals surface area (Å²) in [5.74, 6) is 1.73. The molecule has 12 heavy (non-hydrogen) atoms. The molecule has 0 unspecified atom stereocenters. The fraction of sp³-hybridized carbons (Fsp3) is 1.00. The van der Waals surface area contributed by atoms with Crippen LogP contribution in [0.25, 0.3) is 0 Å². The molecule has 0 N–H and O–H groups in total. The maximum atomic E-state index is 5.87. The zero-order valence-electron chi connectivity index (χ0n) is 8.41. The minimum absolute atomic E-state index is 0.188. The second-order valence-corrected chi connectivity index (χ2v) is 6.82. The molecular formula is C10H21ClSi. The molecule has 0 amide bonds. The lowest BCUT2D eigenvalue weighted by molar-refractivity contribution is 0.299. The van der Waals surface area contributed by atoms with E-state index < -0.39 is 0 Å². The largest absolute Gasteiger partial charge is 0.126 e. The second kappa shape index (κ2) is 4.66. The van der Waals surface area contributed by atoms with Crippen LogP contribution < -0.4 is 0 Å². The first kappa shape index (κ1) is 10.6. The molecule has 0 spiro atoms. The fourth-order valence-electron chi connectivity index (χ4n) is 2.40. The maximum absolute atomic E-state index is 5.87. The Morgan fingerprint density at radius 3 is 2.33 bits per heavy atom. The minimum atomic E-state index is 0.188. The van der Waals surface area contributed by atoms with Gasteiger partial charge in [-0.05, 0) is 23.8 Å². The normalized spacial score (nSPS) is 37.8.